The van der Waals surface area contributed by atoms with E-state index in [1.54, 1.807) is 4.57 Å². The number of imidazole rings is 1. The zero-order valence-corrected chi connectivity index (χ0v) is 18.4. The Morgan fingerprint density at radius 3 is 2.00 bits per heavy atom. The fraction of sp³-hybridized carbons (Fsp3) is 0.111. The van der Waals surface area contributed by atoms with E-state index in [0.717, 1.165) is 27.7 Å². The summed E-state index contributed by atoms with van der Waals surface area (Å²) in [4.78, 5) is 30.0. The molecule has 0 aliphatic rings. The largest absolute Gasteiger partial charge is 0.274 e. The maximum absolute atomic E-state index is 12.6. The number of carbonyl (C=O) groups excluding carboxylic acids is 2. The molecule has 3 aromatic carbocycles. The van der Waals surface area contributed by atoms with Gasteiger partial charge in [-0.15, -0.1) is 0 Å². The summed E-state index contributed by atoms with van der Waals surface area (Å²) in [5.41, 5.74) is 5.56. The second-order valence-electron chi connectivity index (χ2n) is 7.89. The summed E-state index contributed by atoms with van der Waals surface area (Å²) in [6, 6.07) is 27.1. The zero-order chi connectivity index (χ0) is 22.9. The molecule has 0 radical (unpaired) electrons. The van der Waals surface area contributed by atoms with Crippen LogP contribution >= 0.6 is 0 Å². The molecule has 0 aliphatic heterocycles. The van der Waals surface area contributed by atoms with Crippen LogP contribution in [-0.2, 0) is 6.42 Å². The first-order chi connectivity index (χ1) is 16.0. The van der Waals surface area contributed by atoms with Crippen LogP contribution in [0.1, 0.15) is 34.8 Å². The SMILES string of the molecule is CC(=O)n1nc(-c2ccccc2)c(Cc2nc3ccccc3n2C(C)=O)c1-c1ccccc1. The normalized spacial score (nSPS) is 11.1. The Kier molecular flexibility index (Phi) is 5.18. The molecule has 0 saturated heterocycles. The smallest absolute Gasteiger partial charge is 0.244 e. The van der Waals surface area contributed by atoms with Gasteiger partial charge in [-0.1, -0.05) is 72.8 Å². The fourth-order valence-electron chi connectivity index (χ4n) is 4.27. The van der Waals surface area contributed by atoms with Crippen molar-refractivity contribution in [3.8, 4) is 22.5 Å². The Labute approximate surface area is 191 Å². The van der Waals surface area contributed by atoms with Crippen molar-refractivity contribution in [3.63, 3.8) is 0 Å². The van der Waals surface area contributed by atoms with Gasteiger partial charge in [-0.2, -0.15) is 9.78 Å². The molecule has 6 nitrogen and oxygen atoms in total. The summed E-state index contributed by atoms with van der Waals surface area (Å²) in [5.74, 6) is 0.318. The summed E-state index contributed by atoms with van der Waals surface area (Å²) in [6.45, 7) is 3.04. The number of para-hydroxylation sites is 2. The molecular weight excluding hydrogens is 412 g/mol. The van der Waals surface area contributed by atoms with Crippen molar-refractivity contribution in [3.05, 3.63) is 96.3 Å². The lowest BCUT2D eigenvalue weighted by Crippen LogP contribution is -2.12. The molecule has 0 saturated carbocycles. The van der Waals surface area contributed by atoms with Gasteiger partial charge in [0.2, 0.25) is 11.8 Å². The molecule has 5 aromatic rings. The lowest BCUT2D eigenvalue weighted by molar-refractivity contribution is 0.0919. The third-order valence-corrected chi connectivity index (χ3v) is 5.66. The van der Waals surface area contributed by atoms with E-state index in [1.165, 1.54) is 18.5 Å². The highest BCUT2D eigenvalue weighted by atomic mass is 16.2. The van der Waals surface area contributed by atoms with E-state index in [-0.39, 0.29) is 11.8 Å². The van der Waals surface area contributed by atoms with Crippen molar-refractivity contribution in [2.24, 2.45) is 0 Å². The van der Waals surface area contributed by atoms with Crippen LogP contribution in [-0.4, -0.2) is 31.1 Å². The molecule has 2 aromatic heterocycles. The molecule has 0 fully saturated rings. The Morgan fingerprint density at radius 1 is 0.758 bits per heavy atom. The van der Waals surface area contributed by atoms with E-state index >= 15 is 0 Å². The minimum atomic E-state index is -0.183. The number of hydrogen-bond acceptors (Lipinski definition) is 4. The number of aromatic nitrogens is 4. The first-order valence-corrected chi connectivity index (χ1v) is 10.8. The van der Waals surface area contributed by atoms with E-state index < -0.39 is 0 Å². The molecule has 162 valence electrons. The van der Waals surface area contributed by atoms with Crippen LogP contribution in [0.2, 0.25) is 0 Å². The number of fused-ring (bicyclic) bond motifs is 1. The quantitative estimate of drug-likeness (QED) is 0.376. The first-order valence-electron chi connectivity index (χ1n) is 10.8. The molecule has 0 amide bonds. The van der Waals surface area contributed by atoms with Crippen molar-refractivity contribution in [1.82, 2.24) is 19.3 Å². The summed E-state index contributed by atoms with van der Waals surface area (Å²) in [7, 11) is 0. The first kappa shape index (κ1) is 20.6. The minimum absolute atomic E-state index is 0.111. The van der Waals surface area contributed by atoms with Gasteiger partial charge in [-0.25, -0.2) is 4.98 Å². The molecule has 0 unspecified atom stereocenters. The summed E-state index contributed by atoms with van der Waals surface area (Å²) < 4.78 is 3.09. The molecule has 0 spiro atoms. The van der Waals surface area contributed by atoms with E-state index in [1.807, 2.05) is 84.9 Å². The molecule has 33 heavy (non-hydrogen) atoms. The highest BCUT2D eigenvalue weighted by Gasteiger charge is 2.25. The predicted molar refractivity (Wildman–Crippen MR) is 128 cm³/mol. The van der Waals surface area contributed by atoms with Crippen LogP contribution in [0.5, 0.6) is 0 Å². The van der Waals surface area contributed by atoms with Gasteiger partial charge < -0.3 is 0 Å². The van der Waals surface area contributed by atoms with Gasteiger partial charge in [0.25, 0.3) is 0 Å². The minimum Gasteiger partial charge on any atom is -0.274 e. The number of benzene rings is 3. The fourth-order valence-corrected chi connectivity index (χ4v) is 4.27. The van der Waals surface area contributed by atoms with Crippen LogP contribution in [0.4, 0.5) is 0 Å². The number of hydrogen-bond donors (Lipinski definition) is 0. The van der Waals surface area contributed by atoms with Crippen molar-refractivity contribution < 1.29 is 9.59 Å². The number of nitrogens with zero attached hydrogens (tertiary/aromatic N) is 4. The second kappa shape index (κ2) is 8.31. The summed E-state index contributed by atoms with van der Waals surface area (Å²) in [6.07, 6.45) is 0.343. The van der Waals surface area contributed by atoms with Gasteiger partial charge in [0.1, 0.15) is 5.82 Å². The molecule has 5 rings (SSSR count). The second-order valence-corrected chi connectivity index (χ2v) is 7.89. The van der Waals surface area contributed by atoms with Gasteiger partial charge in [0.05, 0.1) is 22.4 Å². The van der Waals surface area contributed by atoms with Crippen LogP contribution in [0.15, 0.2) is 84.9 Å². The highest BCUT2D eigenvalue weighted by molar-refractivity contribution is 5.91. The highest BCUT2D eigenvalue weighted by Crippen LogP contribution is 2.34. The maximum Gasteiger partial charge on any atom is 0.244 e. The molecule has 0 aliphatic carbocycles. The average Bonchev–Trinajstić information content (AvgIpc) is 3.39. The van der Waals surface area contributed by atoms with E-state index in [4.69, 9.17) is 10.1 Å². The maximum atomic E-state index is 12.6. The van der Waals surface area contributed by atoms with E-state index in [9.17, 15) is 9.59 Å². The van der Waals surface area contributed by atoms with Crippen LogP contribution < -0.4 is 0 Å². The Bertz CT molecular complexity index is 1480. The van der Waals surface area contributed by atoms with Crippen molar-refractivity contribution in [1.29, 1.82) is 0 Å². The van der Waals surface area contributed by atoms with Gasteiger partial charge in [0.15, 0.2) is 0 Å². The van der Waals surface area contributed by atoms with Crippen molar-refractivity contribution >= 4 is 22.8 Å². The summed E-state index contributed by atoms with van der Waals surface area (Å²) in [5, 5.41) is 4.73. The molecule has 0 N–H and O–H groups in total. The van der Waals surface area contributed by atoms with E-state index in [2.05, 4.69) is 0 Å². The van der Waals surface area contributed by atoms with Crippen molar-refractivity contribution in [2.75, 3.05) is 0 Å². The summed E-state index contributed by atoms with van der Waals surface area (Å²) >= 11 is 0. The molecule has 6 heteroatoms. The number of carbonyl (C=O) groups is 2. The number of rotatable bonds is 4. The Balaban J connectivity index is 1.80. The van der Waals surface area contributed by atoms with E-state index in [0.29, 0.717) is 23.6 Å². The van der Waals surface area contributed by atoms with Crippen LogP contribution in [0.3, 0.4) is 0 Å². The zero-order valence-electron chi connectivity index (χ0n) is 18.4. The molecule has 2 heterocycles. The Morgan fingerprint density at radius 2 is 1.36 bits per heavy atom. The third-order valence-electron chi connectivity index (χ3n) is 5.66. The van der Waals surface area contributed by atoms with Gasteiger partial charge in [0, 0.05) is 37.0 Å². The van der Waals surface area contributed by atoms with Gasteiger partial charge in [-0.3, -0.25) is 14.2 Å². The van der Waals surface area contributed by atoms with Crippen LogP contribution in [0.25, 0.3) is 33.5 Å². The monoisotopic (exact) mass is 434 g/mol. The average molecular weight is 434 g/mol. The Hall–Kier alpha value is -4.32. The lowest BCUT2D eigenvalue weighted by atomic mass is 9.99. The molecule has 0 bridgehead atoms. The van der Waals surface area contributed by atoms with Gasteiger partial charge >= 0.3 is 0 Å². The predicted octanol–water partition coefficient (Wildman–Crippen LogP) is 5.48. The molecule has 0 atom stereocenters. The topological polar surface area (TPSA) is 69.8 Å². The van der Waals surface area contributed by atoms with Crippen molar-refractivity contribution in [2.45, 2.75) is 20.3 Å². The van der Waals surface area contributed by atoms with Gasteiger partial charge in [-0.05, 0) is 12.1 Å². The standard InChI is InChI=1S/C27H22N4O2/c1-18(32)30-24-16-10-9-15-23(24)28-25(30)17-22-26(20-11-5-3-6-12-20)29-31(19(2)33)27(22)21-13-7-4-8-14-21/h3-16H,17H2,1-2H3. The van der Waals surface area contributed by atoms with Crippen LogP contribution in [0, 0.1) is 0 Å². The molecular formula is C27H22N4O2. The lowest BCUT2D eigenvalue weighted by Gasteiger charge is -2.10. The third kappa shape index (κ3) is 3.65.